The zero-order chi connectivity index (χ0) is 33.3. The van der Waals surface area contributed by atoms with E-state index in [0.717, 1.165) is 12.1 Å². The number of ether oxygens (including phenoxy) is 4. The molecule has 0 saturated carbocycles. The highest BCUT2D eigenvalue weighted by atomic mass is 16.7. The zero-order valence-electron chi connectivity index (χ0n) is 22.3. The van der Waals surface area contributed by atoms with E-state index < -0.39 is 124 Å². The predicted octanol–water partition coefficient (Wildman–Crippen LogP) is -0.277. The third-order valence-corrected chi connectivity index (χ3v) is 6.42. The smallest absolute Gasteiger partial charge is 0.339 e. The molecule has 1 saturated heterocycles. The molecule has 1 aliphatic rings. The Labute approximate surface area is 249 Å². The van der Waals surface area contributed by atoms with Gasteiger partial charge in [0.2, 0.25) is 0 Å². The summed E-state index contributed by atoms with van der Waals surface area (Å²) in [7, 11) is 0. The SMILES string of the molecule is O=C(OC[C@H]1O[C@@H](O)[C@H](OC(=O)c2cc(O)c(O)c(O)c2)[C@@H](OC(=O)c2cc(O)c(O)c(O)c2)[C@@H]1O)c1cc(O)c(O)c(O)c1. The number of hydrogen-bond donors (Lipinski definition) is 11. The second-order valence-corrected chi connectivity index (χ2v) is 9.48. The maximum atomic E-state index is 12.9. The summed E-state index contributed by atoms with van der Waals surface area (Å²) in [5.41, 5.74) is -1.64. The van der Waals surface area contributed by atoms with Crippen LogP contribution in [0.25, 0.3) is 0 Å². The van der Waals surface area contributed by atoms with E-state index in [1.54, 1.807) is 0 Å². The van der Waals surface area contributed by atoms with Crippen LogP contribution < -0.4 is 0 Å². The monoisotopic (exact) mass is 636 g/mol. The third kappa shape index (κ3) is 6.56. The van der Waals surface area contributed by atoms with Gasteiger partial charge in [0.1, 0.15) is 18.8 Å². The van der Waals surface area contributed by atoms with Crippen molar-refractivity contribution in [1.29, 1.82) is 0 Å². The topological polar surface area (TPSA) is 311 Å². The fourth-order valence-electron chi connectivity index (χ4n) is 4.10. The van der Waals surface area contributed by atoms with Gasteiger partial charge in [-0.25, -0.2) is 14.4 Å². The van der Waals surface area contributed by atoms with E-state index in [4.69, 9.17) is 18.9 Å². The molecule has 0 radical (unpaired) electrons. The molecule has 18 nitrogen and oxygen atoms in total. The number of carbonyl (C=O) groups excluding carboxylic acids is 3. The molecule has 0 unspecified atom stereocenters. The van der Waals surface area contributed by atoms with E-state index >= 15 is 0 Å². The van der Waals surface area contributed by atoms with Crippen molar-refractivity contribution in [1.82, 2.24) is 0 Å². The van der Waals surface area contributed by atoms with Crippen LogP contribution in [-0.4, -0.2) is 111 Å². The summed E-state index contributed by atoms with van der Waals surface area (Å²) in [5.74, 6) is -12.4. The number of phenolic OH excluding ortho intramolecular Hbond substituents is 9. The highest BCUT2D eigenvalue weighted by Gasteiger charge is 2.50. The minimum Gasteiger partial charge on any atom is -0.504 e. The fourth-order valence-corrected chi connectivity index (χ4v) is 4.10. The maximum absolute atomic E-state index is 12.9. The van der Waals surface area contributed by atoms with E-state index in [0.29, 0.717) is 24.3 Å². The van der Waals surface area contributed by atoms with Gasteiger partial charge in [-0.3, -0.25) is 0 Å². The summed E-state index contributed by atoms with van der Waals surface area (Å²) >= 11 is 0. The summed E-state index contributed by atoms with van der Waals surface area (Å²) in [5, 5.41) is 108. The number of phenols is 9. The molecule has 1 aliphatic heterocycles. The van der Waals surface area contributed by atoms with Gasteiger partial charge in [0.25, 0.3) is 0 Å². The van der Waals surface area contributed by atoms with Crippen LogP contribution in [0.2, 0.25) is 0 Å². The molecule has 1 heterocycles. The van der Waals surface area contributed by atoms with Crippen molar-refractivity contribution in [2.45, 2.75) is 30.7 Å². The minimum absolute atomic E-state index is 0.462. The molecule has 3 aromatic carbocycles. The summed E-state index contributed by atoms with van der Waals surface area (Å²) in [4.78, 5) is 38.2. The maximum Gasteiger partial charge on any atom is 0.339 e. The molecule has 11 N–H and O–H groups in total. The highest BCUT2D eigenvalue weighted by molar-refractivity contribution is 5.92. The molecule has 18 heteroatoms. The Bertz CT molecular complexity index is 1580. The van der Waals surface area contributed by atoms with Crippen LogP contribution >= 0.6 is 0 Å². The molecular weight excluding hydrogens is 612 g/mol. The lowest BCUT2D eigenvalue weighted by Gasteiger charge is -2.41. The Morgan fingerprint density at radius 1 is 0.556 bits per heavy atom. The number of hydrogen-bond acceptors (Lipinski definition) is 18. The summed E-state index contributed by atoms with van der Waals surface area (Å²) < 4.78 is 20.5. The first kappa shape index (κ1) is 32.1. The van der Waals surface area contributed by atoms with Gasteiger partial charge >= 0.3 is 17.9 Å². The Hall–Kier alpha value is -5.85. The van der Waals surface area contributed by atoms with E-state index in [1.807, 2.05) is 0 Å². The molecule has 3 aromatic rings. The number of esters is 3. The first-order valence-corrected chi connectivity index (χ1v) is 12.4. The standard InChI is InChI=1S/C27H24O18/c28-11-1-8(2-12(29)18(11)34)24(38)42-7-17-21(37)22(44-25(39)9-3-13(30)19(35)14(31)4-9)23(27(41)43-17)45-26(40)10-5-15(32)20(36)16(33)6-10/h1-6,17,21-23,27-37,41H,7H2/t17-,21-,22+,23-,27-/m1/s1. The Kier molecular flexibility index (Phi) is 8.84. The lowest BCUT2D eigenvalue weighted by atomic mass is 9.98. The average Bonchev–Trinajstić information content (AvgIpc) is 2.98. The lowest BCUT2D eigenvalue weighted by molar-refractivity contribution is -0.284. The highest BCUT2D eigenvalue weighted by Crippen LogP contribution is 2.38. The normalized spacial score (nSPS) is 21.1. The number of rotatable bonds is 7. The molecule has 240 valence electrons. The quantitative estimate of drug-likeness (QED) is 0.0902. The van der Waals surface area contributed by atoms with Crippen molar-refractivity contribution in [2.24, 2.45) is 0 Å². The minimum atomic E-state index is -2.23. The van der Waals surface area contributed by atoms with E-state index in [-0.39, 0.29) is 0 Å². The Morgan fingerprint density at radius 2 is 0.889 bits per heavy atom. The first-order chi connectivity index (χ1) is 21.1. The number of carbonyl (C=O) groups is 3. The summed E-state index contributed by atoms with van der Waals surface area (Å²) in [6, 6.07) is 4.18. The van der Waals surface area contributed by atoms with Crippen LogP contribution in [0.4, 0.5) is 0 Å². The molecule has 0 aromatic heterocycles. The van der Waals surface area contributed by atoms with Crippen molar-refractivity contribution in [2.75, 3.05) is 6.61 Å². The molecule has 0 spiro atoms. The van der Waals surface area contributed by atoms with E-state index in [9.17, 15) is 70.6 Å². The number of aliphatic hydroxyl groups is 2. The van der Waals surface area contributed by atoms with Crippen LogP contribution in [0.1, 0.15) is 31.1 Å². The number of benzene rings is 3. The Morgan fingerprint density at radius 3 is 1.27 bits per heavy atom. The molecule has 1 fully saturated rings. The average molecular weight is 636 g/mol. The zero-order valence-corrected chi connectivity index (χ0v) is 22.3. The van der Waals surface area contributed by atoms with E-state index in [1.165, 1.54) is 0 Å². The van der Waals surface area contributed by atoms with Gasteiger partial charge in [-0.15, -0.1) is 0 Å². The molecule has 0 bridgehead atoms. The lowest BCUT2D eigenvalue weighted by Crippen LogP contribution is -2.61. The van der Waals surface area contributed by atoms with Crippen LogP contribution in [0.3, 0.4) is 0 Å². The van der Waals surface area contributed by atoms with Gasteiger partial charge in [-0.05, 0) is 36.4 Å². The molecule has 45 heavy (non-hydrogen) atoms. The van der Waals surface area contributed by atoms with Crippen molar-refractivity contribution in [3.8, 4) is 51.7 Å². The predicted molar refractivity (Wildman–Crippen MR) is 140 cm³/mol. The number of aliphatic hydroxyl groups excluding tert-OH is 2. The van der Waals surface area contributed by atoms with Gasteiger partial charge in [0, 0.05) is 0 Å². The molecule has 0 amide bonds. The first-order valence-electron chi connectivity index (χ1n) is 12.4. The molecule has 5 atom stereocenters. The Balaban J connectivity index is 1.60. The van der Waals surface area contributed by atoms with Gasteiger partial charge in [0.05, 0.1) is 16.7 Å². The van der Waals surface area contributed by atoms with Gasteiger partial charge in [0.15, 0.2) is 70.2 Å². The second-order valence-electron chi connectivity index (χ2n) is 9.48. The summed E-state index contributed by atoms with van der Waals surface area (Å²) in [6.07, 6.45) is -10.2. The van der Waals surface area contributed by atoms with Crippen LogP contribution in [0, 0.1) is 0 Å². The largest absolute Gasteiger partial charge is 0.504 e. The van der Waals surface area contributed by atoms with E-state index in [2.05, 4.69) is 0 Å². The van der Waals surface area contributed by atoms with Gasteiger partial charge < -0.3 is 75.1 Å². The number of aromatic hydroxyl groups is 9. The molecule has 4 rings (SSSR count). The molecular formula is C27H24O18. The fraction of sp³-hybridized carbons (Fsp3) is 0.222. The summed E-state index contributed by atoms with van der Waals surface area (Å²) in [6.45, 7) is -0.894. The second kappa shape index (κ2) is 12.4. The molecule has 0 aliphatic carbocycles. The van der Waals surface area contributed by atoms with Gasteiger partial charge in [-0.2, -0.15) is 0 Å². The van der Waals surface area contributed by atoms with Crippen molar-refractivity contribution < 1.29 is 89.5 Å². The van der Waals surface area contributed by atoms with Crippen molar-refractivity contribution in [3.05, 3.63) is 53.1 Å². The van der Waals surface area contributed by atoms with Crippen LogP contribution in [0.15, 0.2) is 36.4 Å². The third-order valence-electron chi connectivity index (χ3n) is 6.42. The van der Waals surface area contributed by atoms with Gasteiger partial charge in [-0.1, -0.05) is 0 Å². The van der Waals surface area contributed by atoms with Crippen LogP contribution in [0.5, 0.6) is 51.7 Å². The van der Waals surface area contributed by atoms with Crippen molar-refractivity contribution in [3.63, 3.8) is 0 Å². The van der Waals surface area contributed by atoms with Crippen molar-refractivity contribution >= 4 is 17.9 Å². The van der Waals surface area contributed by atoms with Crippen LogP contribution in [-0.2, 0) is 18.9 Å².